The monoisotopic (exact) mass is 421 g/mol. The lowest BCUT2D eigenvalue weighted by Crippen LogP contribution is -2.17. The molecule has 0 saturated carbocycles. The van der Waals surface area contributed by atoms with Crippen molar-refractivity contribution < 1.29 is 19.0 Å². The molecule has 2 aromatic rings. The van der Waals surface area contributed by atoms with Crippen LogP contribution in [0.5, 0.6) is 11.5 Å². The van der Waals surface area contributed by atoms with Crippen molar-refractivity contribution in [1.29, 1.82) is 5.26 Å². The molecule has 1 unspecified atom stereocenters. The van der Waals surface area contributed by atoms with E-state index in [4.69, 9.17) is 14.2 Å². The molecule has 2 aliphatic heterocycles. The third-order valence-electron chi connectivity index (χ3n) is 5.69. The fraction of sp³-hybridized carbons (Fsp3) is 0.417. The van der Waals surface area contributed by atoms with Gasteiger partial charge in [0.15, 0.2) is 11.5 Å². The summed E-state index contributed by atoms with van der Waals surface area (Å²) < 4.78 is 19.2. The van der Waals surface area contributed by atoms with E-state index in [1.165, 1.54) is 0 Å². The number of ether oxygens (including phenoxy) is 3. The molecule has 7 heteroatoms. The summed E-state index contributed by atoms with van der Waals surface area (Å²) in [6.07, 6.45) is 4.83. The van der Waals surface area contributed by atoms with Crippen LogP contribution in [-0.2, 0) is 16.1 Å². The average Bonchev–Trinajstić information content (AvgIpc) is 3.28. The van der Waals surface area contributed by atoms with Gasteiger partial charge in [-0.25, -0.2) is 0 Å². The number of aromatic nitrogens is 1. The van der Waals surface area contributed by atoms with Crippen LogP contribution in [0.1, 0.15) is 36.2 Å². The van der Waals surface area contributed by atoms with E-state index >= 15 is 0 Å². The van der Waals surface area contributed by atoms with E-state index in [0.29, 0.717) is 30.4 Å². The molecule has 0 bridgehead atoms. The van der Waals surface area contributed by atoms with E-state index in [2.05, 4.69) is 9.88 Å². The largest absolute Gasteiger partial charge is 0.490 e. The van der Waals surface area contributed by atoms with Crippen LogP contribution in [-0.4, -0.2) is 36.4 Å². The fourth-order valence-corrected chi connectivity index (χ4v) is 3.99. The van der Waals surface area contributed by atoms with Crippen molar-refractivity contribution in [2.45, 2.75) is 45.8 Å². The number of nitrogens with zero attached hydrogens (tertiary/aromatic N) is 2. The lowest BCUT2D eigenvalue weighted by atomic mass is 10.1. The fourth-order valence-electron chi connectivity index (χ4n) is 3.99. The second-order valence-electron chi connectivity index (χ2n) is 7.91. The number of rotatable bonds is 5. The number of fused-ring (bicyclic) bond motifs is 1. The first-order chi connectivity index (χ1) is 15.0. The first-order valence-electron chi connectivity index (χ1n) is 10.7. The van der Waals surface area contributed by atoms with Crippen LogP contribution in [0.2, 0.25) is 0 Å². The number of amides is 1. The molecule has 3 heterocycles. The smallest absolute Gasteiger partial charge is 0.266 e. The summed E-state index contributed by atoms with van der Waals surface area (Å²) in [6.45, 7) is 6.81. The van der Waals surface area contributed by atoms with Crippen molar-refractivity contribution in [1.82, 2.24) is 4.57 Å². The van der Waals surface area contributed by atoms with Crippen molar-refractivity contribution in [3.05, 3.63) is 46.8 Å². The zero-order valence-electron chi connectivity index (χ0n) is 17.9. The molecule has 0 spiro atoms. The molecule has 31 heavy (non-hydrogen) atoms. The summed E-state index contributed by atoms with van der Waals surface area (Å²) in [5, 5.41) is 12.4. The molecule has 1 amide bonds. The van der Waals surface area contributed by atoms with Gasteiger partial charge < -0.3 is 24.1 Å². The van der Waals surface area contributed by atoms with Gasteiger partial charge in [0.25, 0.3) is 5.91 Å². The minimum Gasteiger partial charge on any atom is -0.490 e. The average molecular weight is 421 g/mol. The minimum absolute atomic E-state index is 0.0458. The number of nitriles is 1. The highest BCUT2D eigenvalue weighted by Crippen LogP contribution is 2.32. The van der Waals surface area contributed by atoms with Gasteiger partial charge in [-0.05, 0) is 56.5 Å². The van der Waals surface area contributed by atoms with Crippen LogP contribution in [0.25, 0.3) is 6.08 Å². The van der Waals surface area contributed by atoms with E-state index < -0.39 is 5.91 Å². The molecule has 0 radical (unpaired) electrons. The molecule has 1 aromatic heterocycles. The Labute approximate surface area is 182 Å². The molecule has 0 aliphatic carbocycles. The molecule has 162 valence electrons. The Morgan fingerprint density at radius 1 is 1.19 bits per heavy atom. The summed E-state index contributed by atoms with van der Waals surface area (Å²) in [5.41, 5.74) is 3.56. The molecule has 1 N–H and O–H groups in total. The molecule has 2 aliphatic rings. The first-order valence-corrected chi connectivity index (χ1v) is 10.7. The van der Waals surface area contributed by atoms with Gasteiger partial charge in [-0.2, -0.15) is 5.26 Å². The number of hydrogen-bond acceptors (Lipinski definition) is 5. The number of aryl methyl sites for hydroxylation is 1. The standard InChI is InChI=1S/C24H27N3O4/c1-16-11-18(17(2)27(16)15-21-5-3-8-29-21)12-19(14-25)24(28)26-20-6-7-22-23(13-20)31-10-4-9-30-22/h6-7,11-13,21H,3-5,8-10,15H2,1-2H3,(H,26,28)/b19-12-. The van der Waals surface area contributed by atoms with E-state index in [9.17, 15) is 10.1 Å². The van der Waals surface area contributed by atoms with Crippen molar-refractivity contribution >= 4 is 17.7 Å². The van der Waals surface area contributed by atoms with Crippen LogP contribution in [0, 0.1) is 25.2 Å². The minimum atomic E-state index is -0.457. The Balaban J connectivity index is 1.51. The van der Waals surface area contributed by atoms with Crippen molar-refractivity contribution in [3.8, 4) is 17.6 Å². The van der Waals surface area contributed by atoms with Crippen molar-refractivity contribution in [3.63, 3.8) is 0 Å². The molecule has 1 fully saturated rings. The maximum Gasteiger partial charge on any atom is 0.266 e. The van der Waals surface area contributed by atoms with Crippen LogP contribution >= 0.6 is 0 Å². The number of hydrogen-bond donors (Lipinski definition) is 1. The number of carbonyl (C=O) groups is 1. The van der Waals surface area contributed by atoms with Gasteiger partial charge in [0.05, 0.1) is 19.3 Å². The molecule has 1 atom stereocenters. The van der Waals surface area contributed by atoms with Gasteiger partial charge >= 0.3 is 0 Å². The van der Waals surface area contributed by atoms with Gasteiger partial charge in [0.2, 0.25) is 0 Å². The third-order valence-corrected chi connectivity index (χ3v) is 5.69. The van der Waals surface area contributed by atoms with Crippen LogP contribution in [0.15, 0.2) is 29.8 Å². The van der Waals surface area contributed by atoms with E-state index in [-0.39, 0.29) is 11.7 Å². The highest BCUT2D eigenvalue weighted by Gasteiger charge is 2.19. The summed E-state index contributed by atoms with van der Waals surface area (Å²) in [7, 11) is 0. The van der Waals surface area contributed by atoms with Gasteiger partial charge in [-0.15, -0.1) is 0 Å². The second kappa shape index (κ2) is 9.27. The predicted octanol–water partition coefficient (Wildman–Crippen LogP) is 3.99. The Morgan fingerprint density at radius 3 is 2.74 bits per heavy atom. The second-order valence-corrected chi connectivity index (χ2v) is 7.91. The van der Waals surface area contributed by atoms with Gasteiger partial charge in [-0.3, -0.25) is 4.79 Å². The highest BCUT2D eigenvalue weighted by molar-refractivity contribution is 6.09. The molecule has 1 saturated heterocycles. The summed E-state index contributed by atoms with van der Waals surface area (Å²) in [6, 6.07) is 9.27. The number of anilines is 1. The molecule has 7 nitrogen and oxygen atoms in total. The summed E-state index contributed by atoms with van der Waals surface area (Å²) in [5.74, 6) is 0.793. The maximum atomic E-state index is 12.8. The Morgan fingerprint density at radius 2 is 2.00 bits per heavy atom. The molecular formula is C24H27N3O4. The lowest BCUT2D eigenvalue weighted by molar-refractivity contribution is -0.112. The predicted molar refractivity (Wildman–Crippen MR) is 117 cm³/mol. The topological polar surface area (TPSA) is 85.5 Å². The summed E-state index contributed by atoms with van der Waals surface area (Å²) in [4.78, 5) is 12.8. The van der Waals surface area contributed by atoms with Gasteiger partial charge in [-0.1, -0.05) is 0 Å². The summed E-state index contributed by atoms with van der Waals surface area (Å²) >= 11 is 0. The quantitative estimate of drug-likeness (QED) is 0.583. The number of carbonyl (C=O) groups excluding carboxylic acids is 1. The number of benzene rings is 1. The molecule has 4 rings (SSSR count). The Kier molecular flexibility index (Phi) is 6.28. The van der Waals surface area contributed by atoms with Crippen LogP contribution in [0.4, 0.5) is 5.69 Å². The Hall–Kier alpha value is -3.24. The van der Waals surface area contributed by atoms with E-state index in [1.807, 2.05) is 26.0 Å². The van der Waals surface area contributed by atoms with Crippen LogP contribution in [0.3, 0.4) is 0 Å². The van der Waals surface area contributed by atoms with Crippen molar-refractivity contribution in [2.24, 2.45) is 0 Å². The highest BCUT2D eigenvalue weighted by atomic mass is 16.5. The van der Waals surface area contributed by atoms with Gasteiger partial charge in [0, 0.05) is 42.7 Å². The SMILES string of the molecule is Cc1cc(/C=C(/C#N)C(=O)Nc2ccc3c(c2)OCCCO3)c(C)n1CC1CCCO1. The zero-order chi connectivity index (χ0) is 21.8. The molecular weight excluding hydrogens is 394 g/mol. The van der Waals surface area contributed by atoms with E-state index in [0.717, 1.165) is 49.4 Å². The lowest BCUT2D eigenvalue weighted by Gasteiger charge is -2.14. The first kappa shape index (κ1) is 21.0. The van der Waals surface area contributed by atoms with Gasteiger partial charge in [0.1, 0.15) is 11.6 Å². The van der Waals surface area contributed by atoms with E-state index in [1.54, 1.807) is 24.3 Å². The van der Waals surface area contributed by atoms with Crippen LogP contribution < -0.4 is 14.8 Å². The third kappa shape index (κ3) is 4.75. The normalized spacial score (nSPS) is 18.4. The van der Waals surface area contributed by atoms with Crippen molar-refractivity contribution in [2.75, 3.05) is 25.1 Å². The maximum absolute atomic E-state index is 12.8. The Bertz CT molecular complexity index is 1040. The molecule has 1 aromatic carbocycles. The zero-order valence-corrected chi connectivity index (χ0v) is 17.9. The number of nitrogens with one attached hydrogen (secondary N) is 1.